The van der Waals surface area contributed by atoms with E-state index in [1.807, 2.05) is 19.9 Å². The van der Waals surface area contributed by atoms with E-state index in [9.17, 15) is 23.1 Å². The molecule has 0 aliphatic carbocycles. The number of hydrogen-bond acceptors (Lipinski definition) is 7. The summed E-state index contributed by atoms with van der Waals surface area (Å²) in [5.41, 5.74) is 1.37. The molecule has 0 bridgehead atoms. The lowest BCUT2D eigenvalue weighted by molar-refractivity contribution is -0.121. The molecular formula is C21H25NO7S. The summed E-state index contributed by atoms with van der Waals surface area (Å²) < 4.78 is 34.7. The number of aliphatic hydroxyl groups excluding tert-OH is 1. The molecule has 0 spiro atoms. The molecule has 0 saturated carbocycles. The van der Waals surface area contributed by atoms with E-state index < -0.39 is 33.5 Å². The van der Waals surface area contributed by atoms with E-state index in [2.05, 4.69) is 5.32 Å². The topological polar surface area (TPSA) is 123 Å². The van der Waals surface area contributed by atoms with E-state index in [1.54, 1.807) is 13.0 Å². The fourth-order valence-corrected chi connectivity index (χ4v) is 5.87. The van der Waals surface area contributed by atoms with Crippen molar-refractivity contribution in [1.29, 1.82) is 0 Å². The number of sulfone groups is 1. The lowest BCUT2D eigenvalue weighted by Crippen LogP contribution is -2.43. The van der Waals surface area contributed by atoms with Crippen LogP contribution in [0.1, 0.15) is 37.0 Å². The van der Waals surface area contributed by atoms with E-state index in [0.717, 1.165) is 23.8 Å². The Bertz CT molecular complexity index is 1200. The van der Waals surface area contributed by atoms with Crippen LogP contribution in [0.15, 0.2) is 21.3 Å². The van der Waals surface area contributed by atoms with Gasteiger partial charge in [0.05, 0.1) is 35.6 Å². The normalized spacial score (nSPS) is 24.3. The van der Waals surface area contributed by atoms with Gasteiger partial charge >= 0.3 is 5.63 Å². The first kappa shape index (κ1) is 20.9. The molecule has 1 aromatic carbocycles. The van der Waals surface area contributed by atoms with Gasteiger partial charge in [0.25, 0.3) is 0 Å². The number of carbonyl (C=O) groups is 1. The Morgan fingerprint density at radius 1 is 1.30 bits per heavy atom. The first-order valence-electron chi connectivity index (χ1n) is 9.90. The molecule has 2 aromatic rings. The molecule has 1 fully saturated rings. The highest BCUT2D eigenvalue weighted by atomic mass is 32.2. The summed E-state index contributed by atoms with van der Waals surface area (Å²) in [6, 6.07) is 2.79. The number of benzene rings is 1. The first-order valence-corrected chi connectivity index (χ1v) is 11.7. The van der Waals surface area contributed by atoms with E-state index in [1.165, 1.54) is 0 Å². The Balaban J connectivity index is 1.62. The van der Waals surface area contributed by atoms with E-state index in [4.69, 9.17) is 9.15 Å². The van der Waals surface area contributed by atoms with Crippen molar-refractivity contribution >= 4 is 26.7 Å². The zero-order chi connectivity index (χ0) is 21.8. The SMILES string of the molecule is Cc1c(CC(=O)NC2CS(=O)(=O)CC2O)c(=O)oc2cc3c(cc12)CCC(C)(C)O3. The number of fused-ring (bicyclic) bond motifs is 2. The summed E-state index contributed by atoms with van der Waals surface area (Å²) >= 11 is 0. The molecule has 0 radical (unpaired) electrons. The lowest BCUT2D eigenvalue weighted by Gasteiger charge is -2.32. The number of amides is 1. The Hall–Kier alpha value is -2.39. The molecule has 1 amide bonds. The van der Waals surface area contributed by atoms with Gasteiger partial charge in [-0.25, -0.2) is 13.2 Å². The summed E-state index contributed by atoms with van der Waals surface area (Å²) in [6.45, 7) is 5.78. The van der Waals surface area contributed by atoms with Crippen LogP contribution in [0.25, 0.3) is 11.0 Å². The van der Waals surface area contributed by atoms with Gasteiger partial charge in [0, 0.05) is 11.5 Å². The van der Waals surface area contributed by atoms with Crippen LogP contribution in [0.4, 0.5) is 0 Å². The Morgan fingerprint density at radius 2 is 2.03 bits per heavy atom. The number of ether oxygens (including phenoxy) is 1. The zero-order valence-electron chi connectivity index (χ0n) is 17.1. The average Bonchev–Trinajstić information content (AvgIpc) is 2.88. The summed E-state index contributed by atoms with van der Waals surface area (Å²) in [5, 5.41) is 13.1. The molecule has 2 aliphatic heterocycles. The highest BCUT2D eigenvalue weighted by Crippen LogP contribution is 2.36. The van der Waals surface area contributed by atoms with Crippen LogP contribution >= 0.6 is 0 Å². The van der Waals surface area contributed by atoms with Crippen molar-refractivity contribution in [3.8, 4) is 5.75 Å². The maximum atomic E-state index is 12.6. The van der Waals surface area contributed by atoms with Crippen molar-refractivity contribution in [2.75, 3.05) is 11.5 Å². The summed E-state index contributed by atoms with van der Waals surface area (Å²) in [7, 11) is -3.38. The van der Waals surface area contributed by atoms with Crippen LogP contribution in [0.3, 0.4) is 0 Å². The molecule has 162 valence electrons. The fourth-order valence-electron chi connectivity index (χ4n) is 4.13. The van der Waals surface area contributed by atoms with Crippen LogP contribution < -0.4 is 15.7 Å². The Kier molecular flexibility index (Phi) is 4.93. The smallest absolute Gasteiger partial charge is 0.340 e. The molecule has 3 heterocycles. The maximum Gasteiger partial charge on any atom is 0.340 e. The molecule has 1 saturated heterocycles. The summed E-state index contributed by atoms with van der Waals surface area (Å²) in [4.78, 5) is 25.0. The number of aryl methyl sites for hydroxylation is 2. The largest absolute Gasteiger partial charge is 0.487 e. The van der Waals surface area contributed by atoms with Crippen LogP contribution in [0.5, 0.6) is 5.75 Å². The second-order valence-electron chi connectivity index (χ2n) is 8.81. The predicted octanol–water partition coefficient (Wildman–Crippen LogP) is 1.02. The van der Waals surface area contributed by atoms with Crippen molar-refractivity contribution in [2.24, 2.45) is 0 Å². The standard InChI is InChI=1S/C21H25NO7S/c1-11-13-6-12-4-5-21(2,3)29-17(12)8-18(13)28-20(25)14(11)7-19(24)22-15-9-30(26,27)10-16(15)23/h6,8,15-16,23H,4-5,7,9-10H2,1-3H3,(H,22,24). The minimum absolute atomic E-state index is 0.215. The number of nitrogens with one attached hydrogen (secondary N) is 1. The fraction of sp³-hybridized carbons (Fsp3) is 0.524. The van der Waals surface area contributed by atoms with Crippen molar-refractivity contribution in [3.05, 3.63) is 39.2 Å². The lowest BCUT2D eigenvalue weighted by atomic mass is 9.92. The molecule has 2 unspecified atom stereocenters. The van der Waals surface area contributed by atoms with Crippen molar-refractivity contribution in [3.63, 3.8) is 0 Å². The molecule has 1 aromatic heterocycles. The van der Waals surface area contributed by atoms with Gasteiger partial charge in [0.1, 0.15) is 16.9 Å². The molecule has 8 nitrogen and oxygen atoms in total. The third-order valence-electron chi connectivity index (χ3n) is 5.86. The quantitative estimate of drug-likeness (QED) is 0.690. The Morgan fingerprint density at radius 3 is 2.70 bits per heavy atom. The minimum atomic E-state index is -3.38. The first-order chi connectivity index (χ1) is 13.9. The molecule has 2 aliphatic rings. The minimum Gasteiger partial charge on any atom is -0.487 e. The van der Waals surface area contributed by atoms with Gasteiger partial charge in [-0.15, -0.1) is 0 Å². The third kappa shape index (κ3) is 3.96. The monoisotopic (exact) mass is 435 g/mol. The average molecular weight is 435 g/mol. The van der Waals surface area contributed by atoms with Crippen molar-refractivity contribution in [2.45, 2.75) is 57.8 Å². The van der Waals surface area contributed by atoms with Crippen molar-refractivity contribution in [1.82, 2.24) is 5.32 Å². The highest BCUT2D eigenvalue weighted by molar-refractivity contribution is 7.91. The summed E-state index contributed by atoms with van der Waals surface area (Å²) in [5.74, 6) is -0.524. The van der Waals surface area contributed by atoms with E-state index >= 15 is 0 Å². The Labute approximate surface area is 174 Å². The number of rotatable bonds is 3. The van der Waals surface area contributed by atoms with Crippen LogP contribution in [0, 0.1) is 6.92 Å². The van der Waals surface area contributed by atoms with Gasteiger partial charge in [0.2, 0.25) is 5.91 Å². The molecule has 30 heavy (non-hydrogen) atoms. The van der Waals surface area contributed by atoms with Gasteiger partial charge in [-0.2, -0.15) is 0 Å². The van der Waals surface area contributed by atoms with Gasteiger partial charge in [0.15, 0.2) is 9.84 Å². The summed E-state index contributed by atoms with van der Waals surface area (Å²) in [6.07, 6.45) is 0.293. The second kappa shape index (κ2) is 7.09. The predicted molar refractivity (Wildman–Crippen MR) is 111 cm³/mol. The van der Waals surface area contributed by atoms with Crippen molar-refractivity contribution < 1.29 is 27.5 Å². The number of aliphatic hydroxyl groups is 1. The third-order valence-corrected chi connectivity index (χ3v) is 7.57. The van der Waals surface area contributed by atoms with E-state index in [-0.39, 0.29) is 29.1 Å². The van der Waals surface area contributed by atoms with Crippen LogP contribution in [0.2, 0.25) is 0 Å². The molecule has 2 N–H and O–H groups in total. The molecule has 2 atom stereocenters. The molecular weight excluding hydrogens is 410 g/mol. The van der Waals surface area contributed by atoms with Gasteiger partial charge in [-0.1, -0.05) is 0 Å². The number of hydrogen-bond donors (Lipinski definition) is 2. The van der Waals surface area contributed by atoms with Gasteiger partial charge in [-0.05, 0) is 50.8 Å². The zero-order valence-corrected chi connectivity index (χ0v) is 18.0. The second-order valence-corrected chi connectivity index (χ2v) is 11.0. The van der Waals surface area contributed by atoms with Gasteiger partial charge in [-0.3, -0.25) is 4.79 Å². The maximum absolute atomic E-state index is 12.6. The van der Waals surface area contributed by atoms with Crippen LogP contribution in [-0.4, -0.2) is 48.7 Å². The van der Waals surface area contributed by atoms with Gasteiger partial charge < -0.3 is 19.6 Å². The van der Waals surface area contributed by atoms with Crippen LogP contribution in [-0.2, 0) is 27.5 Å². The molecule has 9 heteroatoms. The highest BCUT2D eigenvalue weighted by Gasteiger charge is 2.37. The molecule has 4 rings (SSSR count). The number of carbonyl (C=O) groups excluding carboxylic acids is 1. The van der Waals surface area contributed by atoms with E-state index in [0.29, 0.717) is 16.9 Å².